The summed E-state index contributed by atoms with van der Waals surface area (Å²) < 4.78 is 13.8. The van der Waals surface area contributed by atoms with Crippen LogP contribution < -0.4 is 24.5 Å². The minimum atomic E-state index is -0.645. The largest absolute Gasteiger partial charge is 0.496 e. The average molecular weight is 556 g/mol. The van der Waals surface area contributed by atoms with Crippen molar-refractivity contribution in [2.75, 3.05) is 32.7 Å². The molecule has 182 valence electrons. The van der Waals surface area contributed by atoms with E-state index in [1.54, 1.807) is 31.6 Å². The minimum Gasteiger partial charge on any atom is -0.496 e. The molecule has 3 aromatic rings. The van der Waals surface area contributed by atoms with E-state index in [-0.39, 0.29) is 12.2 Å². The third-order valence-electron chi connectivity index (χ3n) is 5.72. The van der Waals surface area contributed by atoms with Crippen molar-refractivity contribution in [3.63, 3.8) is 0 Å². The van der Waals surface area contributed by atoms with E-state index in [0.29, 0.717) is 26.4 Å². The number of thiazole rings is 1. The van der Waals surface area contributed by atoms with Crippen LogP contribution in [0.5, 0.6) is 5.75 Å². The maximum absolute atomic E-state index is 13.7. The molecular formula is C26H26BrN3O4S. The Morgan fingerprint density at radius 3 is 2.57 bits per heavy atom. The lowest BCUT2D eigenvalue weighted by molar-refractivity contribution is -0.139. The van der Waals surface area contributed by atoms with Gasteiger partial charge in [-0.25, -0.2) is 9.79 Å². The van der Waals surface area contributed by atoms with E-state index >= 15 is 0 Å². The minimum absolute atomic E-state index is 0.230. The van der Waals surface area contributed by atoms with Crippen molar-refractivity contribution in [2.24, 2.45) is 4.99 Å². The number of aromatic nitrogens is 1. The third-order valence-corrected chi connectivity index (χ3v) is 7.20. The molecule has 0 unspecified atom stereocenters. The molecule has 1 aliphatic rings. The SMILES string of the molecule is CCOC(=O)C1=C(C)N=c2s/c(=C/c3cc(Br)ccc3OC)c(=O)n2[C@@H]1c1ccc(N(C)C)cc1. The van der Waals surface area contributed by atoms with Gasteiger partial charge in [0.1, 0.15) is 5.75 Å². The highest BCUT2D eigenvalue weighted by molar-refractivity contribution is 9.10. The Morgan fingerprint density at radius 2 is 1.94 bits per heavy atom. The van der Waals surface area contributed by atoms with Crippen LogP contribution in [0.1, 0.15) is 31.0 Å². The number of ether oxygens (including phenoxy) is 2. The number of nitrogens with zero attached hydrogens (tertiary/aromatic N) is 3. The highest BCUT2D eigenvalue weighted by Crippen LogP contribution is 2.31. The van der Waals surface area contributed by atoms with E-state index < -0.39 is 12.0 Å². The summed E-state index contributed by atoms with van der Waals surface area (Å²) in [7, 11) is 5.51. The van der Waals surface area contributed by atoms with Gasteiger partial charge in [-0.1, -0.05) is 39.4 Å². The Kier molecular flexibility index (Phi) is 7.28. The number of rotatable bonds is 6. The van der Waals surface area contributed by atoms with Gasteiger partial charge in [0.15, 0.2) is 4.80 Å². The Balaban J connectivity index is 1.95. The number of esters is 1. The maximum Gasteiger partial charge on any atom is 0.338 e. The van der Waals surface area contributed by atoms with Crippen molar-refractivity contribution in [3.05, 3.63) is 89.0 Å². The summed E-state index contributed by atoms with van der Waals surface area (Å²) in [5.74, 6) is 0.177. The Morgan fingerprint density at radius 1 is 1.23 bits per heavy atom. The quantitative estimate of drug-likeness (QED) is 0.434. The number of halogens is 1. The number of carbonyl (C=O) groups is 1. The predicted octanol–water partition coefficient (Wildman–Crippen LogP) is 3.64. The molecule has 9 heteroatoms. The molecule has 0 radical (unpaired) electrons. The van der Waals surface area contributed by atoms with Crippen LogP contribution in [0.3, 0.4) is 0 Å². The fourth-order valence-electron chi connectivity index (χ4n) is 4.02. The molecule has 2 aromatic carbocycles. The molecule has 1 aliphatic heterocycles. The molecule has 1 aromatic heterocycles. The molecule has 2 heterocycles. The molecule has 1 atom stereocenters. The Hall–Kier alpha value is -3.17. The first-order valence-corrected chi connectivity index (χ1v) is 12.7. The fourth-order valence-corrected chi connectivity index (χ4v) is 5.44. The molecule has 0 spiro atoms. The Labute approximate surface area is 215 Å². The van der Waals surface area contributed by atoms with Crippen LogP contribution in [0.15, 0.2) is 68.0 Å². The van der Waals surface area contributed by atoms with Crippen LogP contribution in [0.25, 0.3) is 6.08 Å². The molecule has 35 heavy (non-hydrogen) atoms. The second kappa shape index (κ2) is 10.2. The number of anilines is 1. The molecule has 0 bridgehead atoms. The summed E-state index contributed by atoms with van der Waals surface area (Å²) in [6, 6.07) is 12.8. The zero-order valence-corrected chi connectivity index (χ0v) is 22.6. The highest BCUT2D eigenvalue weighted by atomic mass is 79.9. The standard InChI is InChI=1S/C26H26BrN3O4S/c1-6-34-25(32)22-15(2)28-26-30(23(22)16-7-10-19(11-8-16)29(3)4)24(31)21(35-26)14-17-13-18(27)9-12-20(17)33-5/h7-14,23H,6H2,1-5H3/b21-14+/t23-/m1/s1. The Bertz CT molecular complexity index is 1490. The number of hydrogen-bond acceptors (Lipinski definition) is 7. The van der Waals surface area contributed by atoms with E-state index in [0.717, 1.165) is 21.3 Å². The van der Waals surface area contributed by atoms with Gasteiger partial charge >= 0.3 is 5.97 Å². The van der Waals surface area contributed by atoms with Crippen molar-refractivity contribution >= 4 is 45.0 Å². The molecular weight excluding hydrogens is 530 g/mol. The van der Waals surface area contributed by atoms with Gasteiger partial charge in [0.25, 0.3) is 5.56 Å². The van der Waals surface area contributed by atoms with Crippen LogP contribution in [-0.4, -0.2) is 38.3 Å². The normalized spacial score (nSPS) is 15.5. The first-order valence-electron chi connectivity index (χ1n) is 11.1. The number of methoxy groups -OCH3 is 1. The number of carbonyl (C=O) groups excluding carboxylic acids is 1. The lowest BCUT2D eigenvalue weighted by Crippen LogP contribution is -2.40. The van der Waals surface area contributed by atoms with Gasteiger partial charge in [-0.3, -0.25) is 9.36 Å². The fraction of sp³-hybridized carbons (Fsp3) is 0.269. The van der Waals surface area contributed by atoms with E-state index in [1.807, 2.05) is 61.5 Å². The lowest BCUT2D eigenvalue weighted by Gasteiger charge is -2.25. The summed E-state index contributed by atoms with van der Waals surface area (Å²) >= 11 is 4.76. The van der Waals surface area contributed by atoms with Crippen LogP contribution in [0.2, 0.25) is 0 Å². The van der Waals surface area contributed by atoms with Crippen LogP contribution in [0, 0.1) is 0 Å². The molecule has 0 N–H and O–H groups in total. The number of fused-ring (bicyclic) bond motifs is 1. The van der Waals surface area contributed by atoms with Gasteiger partial charge in [-0.05, 0) is 55.8 Å². The summed E-state index contributed by atoms with van der Waals surface area (Å²) in [5, 5.41) is 0. The molecule has 0 aliphatic carbocycles. The number of allylic oxidation sites excluding steroid dienone is 1. The van der Waals surface area contributed by atoms with E-state index in [9.17, 15) is 9.59 Å². The smallest absolute Gasteiger partial charge is 0.338 e. The summed E-state index contributed by atoms with van der Waals surface area (Å²) in [4.78, 5) is 33.9. The first-order chi connectivity index (χ1) is 16.7. The van der Waals surface area contributed by atoms with Gasteiger partial charge in [0, 0.05) is 29.8 Å². The third kappa shape index (κ3) is 4.83. The highest BCUT2D eigenvalue weighted by Gasteiger charge is 2.33. The van der Waals surface area contributed by atoms with Crippen LogP contribution in [-0.2, 0) is 9.53 Å². The second-order valence-corrected chi connectivity index (χ2v) is 10.1. The monoisotopic (exact) mass is 555 g/mol. The van der Waals surface area contributed by atoms with Gasteiger partial charge < -0.3 is 14.4 Å². The average Bonchev–Trinajstić information content (AvgIpc) is 3.13. The van der Waals surface area contributed by atoms with Crippen molar-refractivity contribution in [2.45, 2.75) is 19.9 Å². The van der Waals surface area contributed by atoms with Gasteiger partial charge in [-0.2, -0.15) is 0 Å². The van der Waals surface area contributed by atoms with E-state index in [2.05, 4.69) is 20.9 Å². The van der Waals surface area contributed by atoms with Crippen LogP contribution in [0.4, 0.5) is 5.69 Å². The summed E-state index contributed by atoms with van der Waals surface area (Å²) in [6.45, 7) is 3.77. The molecule has 0 saturated heterocycles. The molecule has 0 saturated carbocycles. The maximum atomic E-state index is 13.7. The van der Waals surface area contributed by atoms with Crippen molar-refractivity contribution in [3.8, 4) is 5.75 Å². The van der Waals surface area contributed by atoms with E-state index in [1.165, 1.54) is 11.3 Å². The van der Waals surface area contributed by atoms with Crippen LogP contribution >= 0.6 is 27.3 Å². The zero-order valence-electron chi connectivity index (χ0n) is 20.2. The molecule has 4 rings (SSSR count). The van der Waals surface area contributed by atoms with Crippen molar-refractivity contribution in [1.82, 2.24) is 4.57 Å². The van der Waals surface area contributed by atoms with E-state index in [4.69, 9.17) is 9.47 Å². The first kappa shape index (κ1) is 24.9. The van der Waals surface area contributed by atoms with Gasteiger partial charge in [0.2, 0.25) is 0 Å². The predicted molar refractivity (Wildman–Crippen MR) is 142 cm³/mol. The lowest BCUT2D eigenvalue weighted by atomic mass is 9.95. The molecule has 0 amide bonds. The summed E-state index contributed by atoms with van der Waals surface area (Å²) in [5.41, 5.74) is 3.26. The topological polar surface area (TPSA) is 73.1 Å². The van der Waals surface area contributed by atoms with Gasteiger partial charge in [-0.15, -0.1) is 0 Å². The van der Waals surface area contributed by atoms with Crippen molar-refractivity contribution < 1.29 is 14.3 Å². The molecule has 7 nitrogen and oxygen atoms in total. The summed E-state index contributed by atoms with van der Waals surface area (Å²) in [6.07, 6.45) is 1.79. The second-order valence-electron chi connectivity index (χ2n) is 8.17. The van der Waals surface area contributed by atoms with Crippen molar-refractivity contribution in [1.29, 1.82) is 0 Å². The zero-order chi connectivity index (χ0) is 25.3. The number of benzene rings is 2. The molecule has 0 fully saturated rings. The number of hydrogen-bond donors (Lipinski definition) is 0. The van der Waals surface area contributed by atoms with Gasteiger partial charge in [0.05, 0.1) is 35.6 Å².